The van der Waals surface area contributed by atoms with Gasteiger partial charge in [0.2, 0.25) is 5.88 Å². The number of aromatic nitrogens is 2. The van der Waals surface area contributed by atoms with E-state index < -0.39 is 0 Å². The summed E-state index contributed by atoms with van der Waals surface area (Å²) in [4.78, 5) is 4.75. The maximum absolute atomic E-state index is 11.2. The minimum Gasteiger partial charge on any atom is -0.493 e. The topological polar surface area (TPSA) is 62.8 Å². The van der Waals surface area contributed by atoms with Gasteiger partial charge in [-0.25, -0.2) is 4.98 Å². The van der Waals surface area contributed by atoms with Crippen molar-refractivity contribution in [3.05, 3.63) is 108 Å². The summed E-state index contributed by atoms with van der Waals surface area (Å²) in [6.07, 6.45) is 0. The van der Waals surface area contributed by atoms with E-state index >= 15 is 0 Å². The van der Waals surface area contributed by atoms with Gasteiger partial charge in [0.15, 0.2) is 5.69 Å². The summed E-state index contributed by atoms with van der Waals surface area (Å²) in [5, 5.41) is 23.8. The summed E-state index contributed by atoms with van der Waals surface area (Å²) in [5.74, 6) is 0.0486. The van der Waals surface area contributed by atoms with E-state index in [0.717, 1.165) is 44.0 Å². The zero-order valence-electron chi connectivity index (χ0n) is 18.1. The van der Waals surface area contributed by atoms with Crippen LogP contribution in [-0.2, 0) is 6.54 Å². The molecule has 0 saturated heterocycles. The molecule has 0 saturated carbocycles. The normalized spacial score (nSPS) is 11.8. The summed E-state index contributed by atoms with van der Waals surface area (Å²) in [5.41, 5.74) is 4.62. The number of nitrogens with zero attached hydrogens (tertiary/aromatic N) is 4. The molecule has 0 bridgehead atoms. The molecule has 0 amide bonds. The van der Waals surface area contributed by atoms with Crippen LogP contribution in [0.3, 0.4) is 0 Å². The lowest BCUT2D eigenvalue weighted by Crippen LogP contribution is -1.99. The Morgan fingerprint density at radius 3 is 1.94 bits per heavy atom. The predicted octanol–water partition coefficient (Wildman–Crippen LogP) is 8.17. The Hall–Kier alpha value is -4.22. The van der Waals surface area contributed by atoms with Crippen LogP contribution in [0.2, 0.25) is 5.02 Å². The monoisotopic (exact) mass is 462 g/mol. The number of hydrogen-bond donors (Lipinski definition) is 1. The van der Waals surface area contributed by atoms with Crippen LogP contribution in [0.15, 0.2) is 107 Å². The molecule has 0 aliphatic carbocycles. The standard InChI is InChI=1S/C28H19ClN4O/c29-22-13-5-1-9-18(22)17-33-25-16-8-4-12-21(25)27(28(33)34)32-31-26-19-10-2-6-14-23(19)30-24-15-7-3-11-20(24)26/h1-16,34H,17H2. The average Bonchev–Trinajstić information content (AvgIpc) is 3.13. The largest absolute Gasteiger partial charge is 0.493 e. The van der Waals surface area contributed by atoms with Crippen LogP contribution in [0, 0.1) is 0 Å². The van der Waals surface area contributed by atoms with Gasteiger partial charge in [-0.2, -0.15) is 0 Å². The molecule has 6 aromatic rings. The first-order valence-corrected chi connectivity index (χ1v) is 11.3. The second kappa shape index (κ2) is 8.28. The highest BCUT2D eigenvalue weighted by molar-refractivity contribution is 6.31. The summed E-state index contributed by atoms with van der Waals surface area (Å²) >= 11 is 6.39. The molecule has 0 aliphatic heterocycles. The minimum absolute atomic E-state index is 0.0486. The fraction of sp³-hybridized carbons (Fsp3) is 0.0357. The quantitative estimate of drug-likeness (QED) is 0.212. The second-order valence-electron chi connectivity index (χ2n) is 8.06. The Balaban J connectivity index is 1.54. The lowest BCUT2D eigenvalue weighted by Gasteiger charge is -2.08. The number of para-hydroxylation sites is 3. The molecule has 34 heavy (non-hydrogen) atoms. The molecule has 5 nitrogen and oxygen atoms in total. The number of fused-ring (bicyclic) bond motifs is 3. The van der Waals surface area contributed by atoms with Crippen LogP contribution in [-0.4, -0.2) is 14.7 Å². The van der Waals surface area contributed by atoms with Gasteiger partial charge in [-0.3, -0.25) is 0 Å². The Morgan fingerprint density at radius 2 is 1.24 bits per heavy atom. The summed E-state index contributed by atoms with van der Waals surface area (Å²) < 4.78 is 1.81. The lowest BCUT2D eigenvalue weighted by molar-refractivity contribution is 0.429. The van der Waals surface area contributed by atoms with Crippen molar-refractivity contribution < 1.29 is 5.11 Å². The van der Waals surface area contributed by atoms with Crippen molar-refractivity contribution in [1.29, 1.82) is 0 Å². The van der Waals surface area contributed by atoms with Crippen molar-refractivity contribution >= 4 is 55.7 Å². The maximum atomic E-state index is 11.2. The van der Waals surface area contributed by atoms with Crippen LogP contribution < -0.4 is 0 Å². The Bertz CT molecular complexity index is 1670. The van der Waals surface area contributed by atoms with E-state index in [-0.39, 0.29) is 5.88 Å². The number of halogens is 1. The first-order valence-electron chi connectivity index (χ1n) is 10.9. The van der Waals surface area contributed by atoms with Crippen LogP contribution >= 0.6 is 11.6 Å². The van der Waals surface area contributed by atoms with E-state index in [2.05, 4.69) is 10.2 Å². The predicted molar refractivity (Wildman–Crippen MR) is 138 cm³/mol. The highest BCUT2D eigenvalue weighted by Gasteiger charge is 2.18. The molecule has 2 heterocycles. The third-order valence-corrected chi connectivity index (χ3v) is 6.38. The van der Waals surface area contributed by atoms with Crippen LogP contribution in [0.25, 0.3) is 32.7 Å². The number of rotatable bonds is 4. The molecule has 0 unspecified atom stereocenters. The van der Waals surface area contributed by atoms with Crippen molar-refractivity contribution in [3.63, 3.8) is 0 Å². The fourth-order valence-electron chi connectivity index (χ4n) is 4.35. The van der Waals surface area contributed by atoms with Crippen molar-refractivity contribution in [1.82, 2.24) is 9.55 Å². The van der Waals surface area contributed by atoms with E-state index in [1.165, 1.54) is 0 Å². The first-order chi connectivity index (χ1) is 16.7. The van der Waals surface area contributed by atoms with Crippen LogP contribution in [0.1, 0.15) is 5.56 Å². The number of benzene rings is 4. The van der Waals surface area contributed by atoms with E-state index in [9.17, 15) is 5.11 Å². The van der Waals surface area contributed by atoms with Crippen molar-refractivity contribution in [3.8, 4) is 5.88 Å². The second-order valence-corrected chi connectivity index (χ2v) is 8.47. The molecule has 4 aromatic carbocycles. The molecule has 6 heteroatoms. The Kier molecular flexibility index (Phi) is 4.97. The molecular formula is C28H19ClN4O. The molecule has 0 radical (unpaired) electrons. The number of aromatic hydroxyl groups is 1. The van der Waals surface area contributed by atoms with Gasteiger partial charge >= 0.3 is 0 Å². The van der Waals surface area contributed by atoms with Gasteiger partial charge in [0.1, 0.15) is 5.69 Å². The van der Waals surface area contributed by atoms with Gasteiger partial charge in [0, 0.05) is 21.2 Å². The molecule has 2 aromatic heterocycles. The molecule has 0 fully saturated rings. The SMILES string of the molecule is Oc1c(N=Nc2c3ccccc3nc3ccccc23)c2ccccc2n1Cc1ccccc1Cl. The molecule has 164 valence electrons. The number of pyridine rings is 1. The van der Waals surface area contributed by atoms with Gasteiger partial charge < -0.3 is 9.67 Å². The average molecular weight is 463 g/mol. The highest BCUT2D eigenvalue weighted by Crippen LogP contribution is 2.41. The van der Waals surface area contributed by atoms with Gasteiger partial charge in [0.05, 0.1) is 23.1 Å². The third-order valence-electron chi connectivity index (χ3n) is 6.01. The number of azo groups is 1. The Morgan fingerprint density at radius 1 is 0.676 bits per heavy atom. The van der Waals surface area contributed by atoms with Crippen LogP contribution in [0.5, 0.6) is 5.88 Å². The summed E-state index contributed by atoms with van der Waals surface area (Å²) in [6, 6.07) is 31.1. The Labute approximate surface area is 200 Å². The third kappa shape index (κ3) is 3.38. The van der Waals surface area contributed by atoms with Crippen LogP contribution in [0.4, 0.5) is 11.4 Å². The van der Waals surface area contributed by atoms with E-state index in [0.29, 0.717) is 17.3 Å². The molecule has 6 rings (SSSR count). The van der Waals surface area contributed by atoms with Crippen molar-refractivity contribution in [2.24, 2.45) is 10.2 Å². The number of hydrogen-bond acceptors (Lipinski definition) is 4. The first kappa shape index (κ1) is 20.4. The summed E-state index contributed by atoms with van der Waals surface area (Å²) in [7, 11) is 0. The maximum Gasteiger partial charge on any atom is 0.221 e. The molecule has 0 spiro atoms. The fourth-order valence-corrected chi connectivity index (χ4v) is 4.55. The molecule has 0 aliphatic rings. The smallest absolute Gasteiger partial charge is 0.221 e. The zero-order chi connectivity index (χ0) is 23.1. The van der Waals surface area contributed by atoms with Crippen molar-refractivity contribution in [2.75, 3.05) is 0 Å². The minimum atomic E-state index is 0.0486. The molecular weight excluding hydrogens is 444 g/mol. The van der Waals surface area contributed by atoms with E-state index in [1.807, 2.05) is 102 Å². The molecule has 0 atom stereocenters. The lowest BCUT2D eigenvalue weighted by atomic mass is 10.1. The van der Waals surface area contributed by atoms with Gasteiger partial charge in [-0.1, -0.05) is 84.4 Å². The summed E-state index contributed by atoms with van der Waals surface area (Å²) in [6.45, 7) is 0.419. The zero-order valence-corrected chi connectivity index (χ0v) is 18.8. The highest BCUT2D eigenvalue weighted by atomic mass is 35.5. The van der Waals surface area contributed by atoms with Gasteiger partial charge in [0.25, 0.3) is 0 Å². The van der Waals surface area contributed by atoms with Gasteiger partial charge in [-0.15, -0.1) is 10.2 Å². The van der Waals surface area contributed by atoms with Crippen molar-refractivity contribution in [2.45, 2.75) is 6.54 Å². The van der Waals surface area contributed by atoms with E-state index in [1.54, 1.807) is 0 Å². The van der Waals surface area contributed by atoms with E-state index in [4.69, 9.17) is 16.6 Å². The molecule has 1 N–H and O–H groups in total. The van der Waals surface area contributed by atoms with Gasteiger partial charge in [-0.05, 0) is 29.8 Å².